The van der Waals surface area contributed by atoms with E-state index in [0.29, 0.717) is 52.5 Å². The van der Waals surface area contributed by atoms with E-state index in [2.05, 4.69) is 0 Å². The molecule has 1 N–H and O–H groups in total. The number of halogens is 1. The fourth-order valence-corrected chi connectivity index (χ4v) is 4.60. The molecule has 198 valence electrons. The number of nitrogens with zero attached hydrogens (tertiary/aromatic N) is 1. The Hall–Kier alpha value is -4.17. The van der Waals surface area contributed by atoms with E-state index in [-0.39, 0.29) is 16.9 Å². The van der Waals surface area contributed by atoms with Gasteiger partial charge in [0.15, 0.2) is 11.5 Å². The summed E-state index contributed by atoms with van der Waals surface area (Å²) < 4.78 is 22.2. The van der Waals surface area contributed by atoms with E-state index in [1.807, 2.05) is 6.92 Å². The first-order valence-electron chi connectivity index (χ1n) is 12.0. The number of amides is 1. The summed E-state index contributed by atoms with van der Waals surface area (Å²) in [5.41, 5.74) is 1.08. The zero-order valence-electron chi connectivity index (χ0n) is 21.5. The molecule has 8 nitrogen and oxygen atoms in total. The standard InChI is InChI=1S/C29H28ClNO7/c1-5-37-23-16-18(11-13-19(23)30)27(32)25-26(17-12-14-22(36-4)24(15-17)38-6-2)31(29(34)28(25)33)20-9-7-8-10-21(20)35-3/h7-16,26,32H,5-6H2,1-4H3/b27-25-. The van der Waals surface area contributed by atoms with Gasteiger partial charge in [-0.25, -0.2) is 0 Å². The molecule has 4 rings (SSSR count). The van der Waals surface area contributed by atoms with E-state index in [4.69, 9.17) is 30.5 Å². The number of para-hydroxylation sites is 2. The number of carbonyl (C=O) groups excluding carboxylic acids is 2. The van der Waals surface area contributed by atoms with Gasteiger partial charge in [-0.05, 0) is 61.9 Å². The van der Waals surface area contributed by atoms with Crippen molar-refractivity contribution in [1.29, 1.82) is 0 Å². The van der Waals surface area contributed by atoms with Gasteiger partial charge in [0.1, 0.15) is 17.3 Å². The van der Waals surface area contributed by atoms with Crippen LogP contribution in [0.5, 0.6) is 23.0 Å². The molecule has 0 aromatic heterocycles. The number of hydrogen-bond acceptors (Lipinski definition) is 7. The van der Waals surface area contributed by atoms with E-state index in [9.17, 15) is 14.7 Å². The van der Waals surface area contributed by atoms with E-state index in [0.717, 1.165) is 0 Å². The molecule has 0 saturated carbocycles. The Morgan fingerprint density at radius 3 is 2.24 bits per heavy atom. The van der Waals surface area contributed by atoms with Crippen LogP contribution < -0.4 is 23.8 Å². The predicted molar refractivity (Wildman–Crippen MR) is 145 cm³/mol. The second-order valence-electron chi connectivity index (χ2n) is 8.26. The number of hydrogen-bond donors (Lipinski definition) is 1. The molecule has 0 aliphatic carbocycles. The van der Waals surface area contributed by atoms with Gasteiger partial charge < -0.3 is 24.1 Å². The Morgan fingerprint density at radius 1 is 0.868 bits per heavy atom. The number of Topliss-reactive ketones (excluding diaryl/α,β-unsaturated/α-hetero) is 1. The molecule has 9 heteroatoms. The van der Waals surface area contributed by atoms with Crippen LogP contribution in [0.25, 0.3) is 5.76 Å². The molecule has 1 aliphatic rings. The summed E-state index contributed by atoms with van der Waals surface area (Å²) in [5.74, 6) is -0.363. The second kappa shape index (κ2) is 11.5. The maximum absolute atomic E-state index is 13.5. The third-order valence-electron chi connectivity index (χ3n) is 6.10. The number of rotatable bonds is 9. The molecular formula is C29H28ClNO7. The highest BCUT2D eigenvalue weighted by molar-refractivity contribution is 6.52. The van der Waals surface area contributed by atoms with E-state index in [1.54, 1.807) is 61.5 Å². The first-order chi connectivity index (χ1) is 18.4. The van der Waals surface area contributed by atoms with Crippen LogP contribution in [-0.2, 0) is 9.59 Å². The predicted octanol–water partition coefficient (Wildman–Crippen LogP) is 5.78. The van der Waals surface area contributed by atoms with Gasteiger partial charge in [0.05, 0.1) is 49.8 Å². The number of aliphatic hydroxyl groups is 1. The van der Waals surface area contributed by atoms with Crippen molar-refractivity contribution in [2.24, 2.45) is 0 Å². The van der Waals surface area contributed by atoms with Crippen molar-refractivity contribution in [3.8, 4) is 23.0 Å². The number of carbonyl (C=O) groups is 2. The molecule has 3 aromatic carbocycles. The Balaban J connectivity index is 1.99. The maximum Gasteiger partial charge on any atom is 0.300 e. The van der Waals surface area contributed by atoms with Crippen molar-refractivity contribution < 1.29 is 33.6 Å². The van der Waals surface area contributed by atoms with Gasteiger partial charge in [0.25, 0.3) is 11.7 Å². The average molecular weight is 538 g/mol. The minimum absolute atomic E-state index is 0.0988. The quantitative estimate of drug-likeness (QED) is 0.210. The number of anilines is 1. The zero-order valence-corrected chi connectivity index (χ0v) is 22.2. The van der Waals surface area contributed by atoms with Crippen LogP contribution in [0.3, 0.4) is 0 Å². The fourth-order valence-electron chi connectivity index (χ4n) is 4.43. The Morgan fingerprint density at radius 2 is 1.55 bits per heavy atom. The van der Waals surface area contributed by atoms with Crippen LogP contribution in [0.1, 0.15) is 31.0 Å². The highest BCUT2D eigenvalue weighted by atomic mass is 35.5. The monoisotopic (exact) mass is 537 g/mol. The van der Waals surface area contributed by atoms with Crippen molar-refractivity contribution in [3.05, 3.63) is 82.4 Å². The largest absolute Gasteiger partial charge is 0.507 e. The van der Waals surface area contributed by atoms with Crippen molar-refractivity contribution in [2.75, 3.05) is 32.3 Å². The van der Waals surface area contributed by atoms with Crippen molar-refractivity contribution in [2.45, 2.75) is 19.9 Å². The zero-order chi connectivity index (χ0) is 27.4. The van der Waals surface area contributed by atoms with Gasteiger partial charge in [0, 0.05) is 5.56 Å². The summed E-state index contributed by atoms with van der Waals surface area (Å²) in [7, 11) is 3.00. The van der Waals surface area contributed by atoms with Crippen LogP contribution in [0.2, 0.25) is 5.02 Å². The number of benzene rings is 3. The Kier molecular flexibility index (Phi) is 8.12. The number of methoxy groups -OCH3 is 2. The van der Waals surface area contributed by atoms with Gasteiger partial charge in [-0.3, -0.25) is 14.5 Å². The minimum atomic E-state index is -0.998. The number of aliphatic hydroxyl groups excluding tert-OH is 1. The molecule has 1 unspecified atom stereocenters. The molecule has 3 aromatic rings. The van der Waals surface area contributed by atoms with Gasteiger partial charge in [-0.15, -0.1) is 0 Å². The molecule has 1 saturated heterocycles. The van der Waals surface area contributed by atoms with E-state index >= 15 is 0 Å². The van der Waals surface area contributed by atoms with Gasteiger partial charge in [-0.1, -0.05) is 29.8 Å². The molecule has 0 bridgehead atoms. The first kappa shape index (κ1) is 26.9. The summed E-state index contributed by atoms with van der Waals surface area (Å²) >= 11 is 6.24. The SMILES string of the molecule is CCOc1cc(/C(O)=C2/C(=O)C(=O)N(c3ccccc3OC)C2c2ccc(OC)c(OCC)c2)ccc1Cl. The van der Waals surface area contributed by atoms with Crippen molar-refractivity contribution in [1.82, 2.24) is 0 Å². The van der Waals surface area contributed by atoms with Crippen LogP contribution in [-0.4, -0.2) is 44.2 Å². The van der Waals surface area contributed by atoms with Crippen LogP contribution in [0.15, 0.2) is 66.2 Å². The lowest BCUT2D eigenvalue weighted by Crippen LogP contribution is -2.29. The summed E-state index contributed by atoms with van der Waals surface area (Å²) in [4.78, 5) is 28.4. The third kappa shape index (κ3) is 4.87. The summed E-state index contributed by atoms with van der Waals surface area (Å²) in [5, 5.41) is 11.8. The number of ketones is 1. The minimum Gasteiger partial charge on any atom is -0.507 e. The topological polar surface area (TPSA) is 94.5 Å². The maximum atomic E-state index is 13.5. The smallest absolute Gasteiger partial charge is 0.300 e. The van der Waals surface area contributed by atoms with Gasteiger partial charge in [-0.2, -0.15) is 0 Å². The van der Waals surface area contributed by atoms with Crippen LogP contribution in [0, 0.1) is 0 Å². The summed E-state index contributed by atoms with van der Waals surface area (Å²) in [6, 6.07) is 15.6. The van der Waals surface area contributed by atoms with Crippen LogP contribution >= 0.6 is 11.6 Å². The second-order valence-corrected chi connectivity index (χ2v) is 8.67. The molecule has 1 atom stereocenters. The first-order valence-corrected chi connectivity index (χ1v) is 12.4. The normalized spacial score (nSPS) is 16.4. The molecular weight excluding hydrogens is 510 g/mol. The summed E-state index contributed by atoms with van der Waals surface area (Å²) in [6.07, 6.45) is 0. The highest BCUT2D eigenvalue weighted by Crippen LogP contribution is 2.46. The molecule has 1 amide bonds. The molecule has 0 radical (unpaired) electrons. The Bertz CT molecular complexity index is 1400. The summed E-state index contributed by atoms with van der Waals surface area (Å²) in [6.45, 7) is 4.37. The van der Waals surface area contributed by atoms with E-state index < -0.39 is 17.7 Å². The third-order valence-corrected chi connectivity index (χ3v) is 6.41. The molecule has 38 heavy (non-hydrogen) atoms. The van der Waals surface area contributed by atoms with E-state index in [1.165, 1.54) is 25.2 Å². The molecule has 1 aliphatic heterocycles. The lowest BCUT2D eigenvalue weighted by Gasteiger charge is -2.27. The molecule has 0 spiro atoms. The number of ether oxygens (including phenoxy) is 4. The fraction of sp³-hybridized carbons (Fsp3) is 0.241. The van der Waals surface area contributed by atoms with Crippen LogP contribution in [0.4, 0.5) is 5.69 Å². The molecule has 1 fully saturated rings. The van der Waals surface area contributed by atoms with Gasteiger partial charge in [0.2, 0.25) is 0 Å². The molecule has 1 heterocycles. The lowest BCUT2D eigenvalue weighted by atomic mass is 9.94. The average Bonchev–Trinajstić information content (AvgIpc) is 3.19. The van der Waals surface area contributed by atoms with Crippen molar-refractivity contribution >= 4 is 34.7 Å². The van der Waals surface area contributed by atoms with Gasteiger partial charge >= 0.3 is 0 Å². The Labute approximate surface area is 225 Å². The lowest BCUT2D eigenvalue weighted by molar-refractivity contribution is -0.132. The van der Waals surface area contributed by atoms with Crippen molar-refractivity contribution in [3.63, 3.8) is 0 Å². The highest BCUT2D eigenvalue weighted by Gasteiger charge is 2.48.